The zero-order chi connectivity index (χ0) is 27.0. The summed E-state index contributed by atoms with van der Waals surface area (Å²) in [7, 11) is 0. The Morgan fingerprint density at radius 1 is 1.13 bits per heavy atom. The molecule has 1 saturated heterocycles. The third-order valence-corrected chi connectivity index (χ3v) is 7.04. The highest BCUT2D eigenvalue weighted by Gasteiger charge is 2.33. The Balaban J connectivity index is 1.34. The van der Waals surface area contributed by atoms with Crippen LogP contribution in [0.5, 0.6) is 5.75 Å². The summed E-state index contributed by atoms with van der Waals surface area (Å²) in [4.78, 5) is 27.9. The lowest BCUT2D eigenvalue weighted by Crippen LogP contribution is -2.48. The number of rotatable bonds is 9. The molecule has 5 rings (SSSR count). The number of amides is 1. The van der Waals surface area contributed by atoms with Crippen LogP contribution in [0.1, 0.15) is 53.5 Å². The molecule has 1 saturated carbocycles. The first-order valence-corrected chi connectivity index (χ1v) is 12.8. The Hall–Kier alpha value is -3.08. The molecule has 1 amide bonds. The van der Waals surface area contributed by atoms with E-state index < -0.39 is 41.3 Å². The van der Waals surface area contributed by atoms with E-state index in [4.69, 9.17) is 20.8 Å². The van der Waals surface area contributed by atoms with Crippen molar-refractivity contribution in [3.63, 3.8) is 0 Å². The maximum atomic E-state index is 13.0. The van der Waals surface area contributed by atoms with Gasteiger partial charge in [-0.2, -0.15) is 13.2 Å². The summed E-state index contributed by atoms with van der Waals surface area (Å²) >= 11 is 6.36. The van der Waals surface area contributed by atoms with Gasteiger partial charge < -0.3 is 24.5 Å². The van der Waals surface area contributed by atoms with Crippen molar-refractivity contribution in [2.24, 2.45) is 0 Å². The van der Waals surface area contributed by atoms with Gasteiger partial charge in [0, 0.05) is 11.9 Å². The number of nitrogens with one attached hydrogen (secondary N) is 1. The second kappa shape index (κ2) is 10.6. The molecule has 202 valence electrons. The molecule has 0 radical (unpaired) electrons. The largest absolute Gasteiger partial charge is 0.489 e. The molecule has 2 N–H and O–H groups in total. The Morgan fingerprint density at radius 2 is 1.87 bits per heavy atom. The highest BCUT2D eigenvalue weighted by molar-refractivity contribution is 6.42. The maximum absolute atomic E-state index is 13.0. The van der Waals surface area contributed by atoms with Gasteiger partial charge in [-0.3, -0.25) is 9.59 Å². The van der Waals surface area contributed by atoms with Crippen LogP contribution in [0.2, 0.25) is 5.02 Å². The number of furan rings is 1. The van der Waals surface area contributed by atoms with Gasteiger partial charge >= 0.3 is 6.18 Å². The normalized spacial score (nSPS) is 17.9. The number of benzene rings is 2. The molecular weight excluding hydrogens is 525 g/mol. The van der Waals surface area contributed by atoms with Crippen LogP contribution >= 0.6 is 11.6 Å². The molecular formula is C27H26ClF3N2O5. The quantitative estimate of drug-likeness (QED) is 0.283. The van der Waals surface area contributed by atoms with Crippen molar-refractivity contribution in [2.75, 3.05) is 19.6 Å². The number of alkyl halides is 3. The van der Waals surface area contributed by atoms with E-state index >= 15 is 0 Å². The minimum Gasteiger partial charge on any atom is -0.489 e. The highest BCUT2D eigenvalue weighted by atomic mass is 35.5. The number of Topliss-reactive ketones (excluding diaryl/α,β-unsaturated/α-hetero) is 1. The number of hydrogen-bond acceptors (Lipinski definition) is 6. The predicted octanol–water partition coefficient (Wildman–Crippen LogP) is 5.14. The minimum absolute atomic E-state index is 0.0472. The van der Waals surface area contributed by atoms with E-state index in [1.54, 1.807) is 18.2 Å². The number of carbonyl (C=O) groups is 2. The molecule has 1 aliphatic carbocycles. The fourth-order valence-corrected chi connectivity index (χ4v) is 4.77. The van der Waals surface area contributed by atoms with E-state index in [9.17, 15) is 27.9 Å². The van der Waals surface area contributed by atoms with Gasteiger partial charge in [-0.15, -0.1) is 0 Å². The van der Waals surface area contributed by atoms with E-state index in [1.807, 2.05) is 0 Å². The molecule has 1 aromatic heterocycles. The molecule has 2 unspecified atom stereocenters. The van der Waals surface area contributed by atoms with Gasteiger partial charge in [0.1, 0.15) is 17.4 Å². The van der Waals surface area contributed by atoms with Crippen LogP contribution in [0, 0.1) is 0 Å². The van der Waals surface area contributed by atoms with Crippen molar-refractivity contribution in [3.05, 3.63) is 64.4 Å². The first-order chi connectivity index (χ1) is 18.1. The van der Waals surface area contributed by atoms with Crippen LogP contribution in [0.3, 0.4) is 0 Å². The molecule has 0 bridgehead atoms. The van der Waals surface area contributed by atoms with E-state index in [0.717, 1.165) is 63.0 Å². The van der Waals surface area contributed by atoms with Gasteiger partial charge in [-0.25, -0.2) is 0 Å². The smallest absolute Gasteiger partial charge is 0.416 e. The monoisotopic (exact) mass is 550 g/mol. The SMILES string of the molecule is O=C(NC(CN1CCCC1)C(O)c1ccc(OC2CC2)c(Cl)c1)C(=O)c1cc2cc(C(F)(F)F)ccc2o1. The molecule has 3 aromatic rings. The zero-order valence-electron chi connectivity index (χ0n) is 20.3. The summed E-state index contributed by atoms with van der Waals surface area (Å²) in [5, 5.41) is 14.2. The Bertz CT molecular complexity index is 1350. The fraction of sp³-hybridized carbons (Fsp3) is 0.407. The van der Waals surface area contributed by atoms with E-state index in [0.29, 0.717) is 16.3 Å². The number of fused-ring (bicyclic) bond motifs is 1. The van der Waals surface area contributed by atoms with Gasteiger partial charge in [0.2, 0.25) is 0 Å². The van der Waals surface area contributed by atoms with Gasteiger partial charge in [-0.05, 0) is 80.7 Å². The molecule has 38 heavy (non-hydrogen) atoms. The van der Waals surface area contributed by atoms with Crippen molar-refractivity contribution >= 4 is 34.3 Å². The predicted molar refractivity (Wildman–Crippen MR) is 133 cm³/mol. The Labute approximate surface area is 221 Å². The van der Waals surface area contributed by atoms with Crippen molar-refractivity contribution in [1.82, 2.24) is 10.2 Å². The summed E-state index contributed by atoms with van der Waals surface area (Å²) < 4.78 is 50.2. The molecule has 0 spiro atoms. The van der Waals surface area contributed by atoms with Crippen LogP contribution in [0.15, 0.2) is 46.9 Å². The molecule has 2 heterocycles. The van der Waals surface area contributed by atoms with Gasteiger partial charge in [-0.1, -0.05) is 17.7 Å². The standard InChI is InChI=1S/C27H26ClF3N2O5/c28-19-12-15(3-7-22(19)37-18-5-6-18)24(34)20(14-33-9-1-2-10-33)32-26(36)25(35)23-13-16-11-17(27(29,30)31)4-8-21(16)38-23/h3-4,7-8,11-13,18,20,24,34H,1-2,5-6,9-10,14H2,(H,32,36). The van der Waals surface area contributed by atoms with Gasteiger partial charge in [0.05, 0.1) is 22.7 Å². The highest BCUT2D eigenvalue weighted by Crippen LogP contribution is 2.35. The third-order valence-electron chi connectivity index (χ3n) is 6.74. The van der Waals surface area contributed by atoms with Crippen LogP contribution < -0.4 is 10.1 Å². The van der Waals surface area contributed by atoms with Gasteiger partial charge in [0.15, 0.2) is 5.76 Å². The Kier molecular flexibility index (Phi) is 7.39. The van der Waals surface area contributed by atoms with Crippen LogP contribution in [0.4, 0.5) is 13.2 Å². The van der Waals surface area contributed by atoms with E-state index in [-0.39, 0.29) is 23.6 Å². The topological polar surface area (TPSA) is 92.0 Å². The zero-order valence-corrected chi connectivity index (χ0v) is 21.0. The number of aliphatic hydroxyl groups excluding tert-OH is 1. The molecule has 7 nitrogen and oxygen atoms in total. The summed E-state index contributed by atoms with van der Waals surface area (Å²) in [6.45, 7) is 1.85. The molecule has 2 aliphatic rings. The van der Waals surface area contributed by atoms with Crippen molar-refractivity contribution in [3.8, 4) is 5.75 Å². The first-order valence-electron chi connectivity index (χ1n) is 12.4. The van der Waals surface area contributed by atoms with E-state index in [1.165, 1.54) is 0 Å². The summed E-state index contributed by atoms with van der Waals surface area (Å²) in [5.74, 6) is -1.97. The number of aliphatic hydroxyl groups is 1. The van der Waals surface area contributed by atoms with Crippen LogP contribution in [-0.2, 0) is 11.0 Å². The van der Waals surface area contributed by atoms with Gasteiger partial charge in [0.25, 0.3) is 11.7 Å². The number of nitrogens with zero attached hydrogens (tertiary/aromatic N) is 1. The minimum atomic E-state index is -4.56. The average molecular weight is 551 g/mol. The summed E-state index contributed by atoms with van der Waals surface area (Å²) in [6, 6.07) is 7.95. The number of hydrogen-bond donors (Lipinski definition) is 2. The van der Waals surface area contributed by atoms with Crippen LogP contribution in [0.25, 0.3) is 11.0 Å². The third kappa shape index (κ3) is 5.98. The average Bonchev–Trinajstić information content (AvgIpc) is 3.35. The van der Waals surface area contributed by atoms with Crippen molar-refractivity contribution < 1.29 is 37.0 Å². The number of halogens is 4. The number of carbonyl (C=O) groups excluding carboxylic acids is 2. The lowest BCUT2D eigenvalue weighted by Gasteiger charge is -2.28. The van der Waals surface area contributed by atoms with E-state index in [2.05, 4.69) is 10.2 Å². The molecule has 11 heteroatoms. The second-order valence-corrected chi connectivity index (χ2v) is 10.1. The van der Waals surface area contributed by atoms with Crippen molar-refractivity contribution in [1.29, 1.82) is 0 Å². The first kappa shape index (κ1) is 26.5. The molecule has 2 aromatic carbocycles. The number of likely N-dealkylation sites (tertiary alicyclic amines) is 1. The maximum Gasteiger partial charge on any atom is 0.416 e. The molecule has 2 atom stereocenters. The van der Waals surface area contributed by atoms with Crippen LogP contribution in [-0.4, -0.2) is 53.5 Å². The molecule has 2 fully saturated rings. The molecule has 1 aliphatic heterocycles. The lowest BCUT2D eigenvalue weighted by molar-refractivity contribution is -0.137. The lowest BCUT2D eigenvalue weighted by atomic mass is 10.0. The summed E-state index contributed by atoms with van der Waals surface area (Å²) in [5.41, 5.74) is -0.403. The Morgan fingerprint density at radius 3 is 2.53 bits per heavy atom. The number of ether oxygens (including phenoxy) is 1. The second-order valence-electron chi connectivity index (χ2n) is 9.73. The fourth-order valence-electron chi connectivity index (χ4n) is 4.54. The number of ketones is 1. The van der Waals surface area contributed by atoms with Crippen molar-refractivity contribution in [2.45, 2.75) is 50.1 Å². The summed E-state index contributed by atoms with van der Waals surface area (Å²) in [6.07, 6.45) is -1.71.